The maximum absolute atomic E-state index is 13.0. The van der Waals surface area contributed by atoms with Crippen molar-refractivity contribution in [3.05, 3.63) is 66.7 Å². The van der Waals surface area contributed by atoms with Crippen molar-refractivity contribution in [3.8, 4) is 11.3 Å². The van der Waals surface area contributed by atoms with Crippen LogP contribution >= 0.6 is 0 Å². The number of nitrogens with one attached hydrogen (secondary N) is 1. The topological polar surface area (TPSA) is 75.4 Å². The molecule has 0 spiro atoms. The Balaban J connectivity index is 1.54. The molecule has 1 saturated heterocycles. The van der Waals surface area contributed by atoms with Crippen molar-refractivity contribution in [2.75, 3.05) is 24.4 Å². The summed E-state index contributed by atoms with van der Waals surface area (Å²) in [4.78, 5) is 6.55. The van der Waals surface area contributed by atoms with E-state index in [2.05, 4.69) is 21.5 Å². The second-order valence-electron chi connectivity index (χ2n) is 7.37. The first kappa shape index (κ1) is 19.7. The highest BCUT2D eigenvalue weighted by atomic mass is 32.2. The SMILES string of the molecule is CCCN1CCC(c2ccccc2NS(=O)(=O)c2ccc(-c3cnco3)cc2)C1. The largest absolute Gasteiger partial charge is 0.444 e. The Bertz CT molecular complexity index is 1050. The molecule has 0 aliphatic carbocycles. The highest BCUT2D eigenvalue weighted by Gasteiger charge is 2.26. The summed E-state index contributed by atoms with van der Waals surface area (Å²) in [6, 6.07) is 14.3. The predicted molar refractivity (Wildman–Crippen MR) is 113 cm³/mol. The summed E-state index contributed by atoms with van der Waals surface area (Å²) < 4.78 is 34.0. The molecule has 6 nitrogen and oxygen atoms in total. The lowest BCUT2D eigenvalue weighted by molar-refractivity contribution is 0.335. The van der Waals surface area contributed by atoms with Crippen molar-refractivity contribution in [1.29, 1.82) is 0 Å². The normalized spacial score (nSPS) is 17.5. The van der Waals surface area contributed by atoms with Crippen LogP contribution in [0, 0.1) is 0 Å². The first-order valence-corrected chi connectivity index (χ1v) is 11.4. The highest BCUT2D eigenvalue weighted by molar-refractivity contribution is 7.92. The van der Waals surface area contributed by atoms with Gasteiger partial charge in [0.05, 0.1) is 16.8 Å². The zero-order valence-corrected chi connectivity index (χ0v) is 17.2. The molecule has 29 heavy (non-hydrogen) atoms. The number of likely N-dealkylation sites (tertiary alicyclic amines) is 1. The van der Waals surface area contributed by atoms with E-state index in [1.807, 2.05) is 24.3 Å². The van der Waals surface area contributed by atoms with E-state index in [4.69, 9.17) is 4.42 Å². The standard InChI is InChI=1S/C22H25N3O3S/c1-2-12-25-13-11-18(15-25)20-5-3-4-6-21(20)24-29(26,27)19-9-7-17(8-10-19)22-14-23-16-28-22/h3-10,14,16,18,24H,2,11-13,15H2,1H3. The number of para-hydroxylation sites is 1. The third-order valence-corrected chi connectivity index (χ3v) is 6.72. The molecule has 4 rings (SSSR count). The molecule has 0 amide bonds. The van der Waals surface area contributed by atoms with Gasteiger partial charge < -0.3 is 9.32 Å². The number of rotatable bonds is 7. The molecule has 7 heteroatoms. The highest BCUT2D eigenvalue weighted by Crippen LogP contribution is 2.33. The van der Waals surface area contributed by atoms with Crippen LogP contribution < -0.4 is 4.72 Å². The van der Waals surface area contributed by atoms with Crippen LogP contribution in [0.15, 0.2) is 70.4 Å². The molecule has 1 N–H and O–H groups in total. The third kappa shape index (κ3) is 4.36. The summed E-state index contributed by atoms with van der Waals surface area (Å²) in [5.74, 6) is 0.944. The van der Waals surface area contributed by atoms with Crippen molar-refractivity contribution < 1.29 is 12.8 Å². The number of hydrogen-bond donors (Lipinski definition) is 1. The molecule has 1 atom stereocenters. The van der Waals surface area contributed by atoms with E-state index in [1.165, 1.54) is 6.39 Å². The number of hydrogen-bond acceptors (Lipinski definition) is 5. The first-order valence-electron chi connectivity index (χ1n) is 9.90. The second kappa shape index (κ2) is 8.39. The van der Waals surface area contributed by atoms with Gasteiger partial charge in [-0.1, -0.05) is 25.1 Å². The molecular weight excluding hydrogens is 386 g/mol. The average Bonchev–Trinajstić information content (AvgIpc) is 3.41. The van der Waals surface area contributed by atoms with Crippen LogP contribution in [0.2, 0.25) is 0 Å². The van der Waals surface area contributed by atoms with Gasteiger partial charge in [-0.05, 0) is 67.7 Å². The molecule has 1 fully saturated rings. The van der Waals surface area contributed by atoms with E-state index in [0.717, 1.165) is 43.6 Å². The van der Waals surface area contributed by atoms with E-state index >= 15 is 0 Å². The van der Waals surface area contributed by atoms with E-state index in [1.54, 1.807) is 30.5 Å². The van der Waals surface area contributed by atoms with Crippen LogP contribution in [0.5, 0.6) is 0 Å². The quantitative estimate of drug-likeness (QED) is 0.626. The Morgan fingerprint density at radius 1 is 1.17 bits per heavy atom. The minimum Gasteiger partial charge on any atom is -0.444 e. The van der Waals surface area contributed by atoms with Gasteiger partial charge in [-0.3, -0.25) is 4.72 Å². The van der Waals surface area contributed by atoms with E-state index in [-0.39, 0.29) is 4.90 Å². The minimum absolute atomic E-state index is 0.217. The lowest BCUT2D eigenvalue weighted by Gasteiger charge is -2.18. The summed E-state index contributed by atoms with van der Waals surface area (Å²) in [6.45, 7) is 5.30. The van der Waals surface area contributed by atoms with Gasteiger partial charge in [-0.25, -0.2) is 13.4 Å². The molecule has 0 bridgehead atoms. The maximum Gasteiger partial charge on any atom is 0.261 e. The Morgan fingerprint density at radius 3 is 2.69 bits per heavy atom. The van der Waals surface area contributed by atoms with E-state index in [9.17, 15) is 8.42 Å². The summed E-state index contributed by atoms with van der Waals surface area (Å²) in [6.07, 6.45) is 5.13. The lowest BCUT2D eigenvalue weighted by Crippen LogP contribution is -2.21. The Labute approximate surface area is 171 Å². The summed E-state index contributed by atoms with van der Waals surface area (Å²) in [7, 11) is -3.68. The Hall–Kier alpha value is -2.64. The van der Waals surface area contributed by atoms with Crippen LogP contribution in [0.1, 0.15) is 31.2 Å². The molecule has 1 aliphatic heterocycles. The molecular formula is C22H25N3O3S. The molecule has 1 unspecified atom stereocenters. The molecule has 0 radical (unpaired) electrons. The monoisotopic (exact) mass is 411 g/mol. The Kier molecular flexibility index (Phi) is 5.69. The zero-order chi connectivity index (χ0) is 20.3. The van der Waals surface area contributed by atoms with Crippen LogP contribution in [-0.4, -0.2) is 37.9 Å². The van der Waals surface area contributed by atoms with Crippen LogP contribution in [0.4, 0.5) is 5.69 Å². The lowest BCUT2D eigenvalue weighted by atomic mass is 9.97. The maximum atomic E-state index is 13.0. The summed E-state index contributed by atoms with van der Waals surface area (Å²) in [5.41, 5.74) is 2.51. The number of benzene rings is 2. The van der Waals surface area contributed by atoms with Crippen LogP contribution in [0.25, 0.3) is 11.3 Å². The van der Waals surface area contributed by atoms with Gasteiger partial charge in [0.25, 0.3) is 10.0 Å². The van der Waals surface area contributed by atoms with Gasteiger partial charge in [0.2, 0.25) is 0 Å². The summed E-state index contributed by atoms with van der Waals surface area (Å²) >= 11 is 0. The fourth-order valence-corrected chi connectivity index (χ4v) is 5.00. The van der Waals surface area contributed by atoms with Crippen molar-refractivity contribution in [3.63, 3.8) is 0 Å². The average molecular weight is 412 g/mol. The molecule has 1 aliphatic rings. The molecule has 2 heterocycles. The van der Waals surface area contributed by atoms with E-state index < -0.39 is 10.0 Å². The smallest absolute Gasteiger partial charge is 0.261 e. The van der Waals surface area contributed by atoms with Gasteiger partial charge in [0, 0.05) is 12.1 Å². The van der Waals surface area contributed by atoms with Gasteiger partial charge >= 0.3 is 0 Å². The minimum atomic E-state index is -3.68. The number of nitrogens with zero attached hydrogens (tertiary/aromatic N) is 2. The predicted octanol–water partition coefficient (Wildman–Crippen LogP) is 4.34. The number of sulfonamides is 1. The summed E-state index contributed by atoms with van der Waals surface area (Å²) in [5, 5.41) is 0. The van der Waals surface area contributed by atoms with Crippen molar-refractivity contribution in [2.45, 2.75) is 30.6 Å². The molecule has 3 aromatic rings. The Morgan fingerprint density at radius 2 is 1.97 bits per heavy atom. The third-order valence-electron chi connectivity index (χ3n) is 5.34. The fraction of sp³-hybridized carbons (Fsp3) is 0.318. The van der Waals surface area contributed by atoms with Crippen molar-refractivity contribution in [1.82, 2.24) is 9.88 Å². The molecule has 0 saturated carbocycles. The van der Waals surface area contributed by atoms with Gasteiger partial charge in [0.1, 0.15) is 0 Å². The van der Waals surface area contributed by atoms with Gasteiger partial charge in [-0.15, -0.1) is 0 Å². The number of anilines is 1. The van der Waals surface area contributed by atoms with Gasteiger partial charge in [0.15, 0.2) is 12.2 Å². The molecule has 2 aromatic carbocycles. The van der Waals surface area contributed by atoms with Crippen LogP contribution in [-0.2, 0) is 10.0 Å². The van der Waals surface area contributed by atoms with Crippen LogP contribution in [0.3, 0.4) is 0 Å². The van der Waals surface area contributed by atoms with E-state index in [0.29, 0.717) is 17.4 Å². The number of oxazole rings is 1. The van der Waals surface area contributed by atoms with Crippen molar-refractivity contribution >= 4 is 15.7 Å². The fourth-order valence-electron chi connectivity index (χ4n) is 3.91. The van der Waals surface area contributed by atoms with Crippen molar-refractivity contribution in [2.24, 2.45) is 0 Å². The second-order valence-corrected chi connectivity index (χ2v) is 9.05. The van der Waals surface area contributed by atoms with Gasteiger partial charge in [-0.2, -0.15) is 0 Å². The molecule has 1 aromatic heterocycles. The first-order chi connectivity index (χ1) is 14.1. The number of aromatic nitrogens is 1. The zero-order valence-electron chi connectivity index (χ0n) is 16.4. The molecule has 152 valence electrons.